The van der Waals surface area contributed by atoms with E-state index in [1.807, 2.05) is 35.2 Å². The highest BCUT2D eigenvalue weighted by atomic mass is 16.5. The molecular weight excluding hydrogens is 360 g/mol. The van der Waals surface area contributed by atoms with E-state index in [0.717, 1.165) is 5.56 Å². The van der Waals surface area contributed by atoms with Crippen LogP contribution >= 0.6 is 0 Å². The lowest BCUT2D eigenvalue weighted by molar-refractivity contribution is -0.133. The molecular formula is C21H22N2O5. The van der Waals surface area contributed by atoms with Crippen LogP contribution < -0.4 is 5.43 Å². The van der Waals surface area contributed by atoms with E-state index in [1.165, 1.54) is 12.1 Å². The third kappa shape index (κ3) is 3.71. The van der Waals surface area contributed by atoms with Crippen molar-refractivity contribution in [3.05, 3.63) is 69.8 Å². The number of aryl methyl sites for hydroxylation is 1. The van der Waals surface area contributed by atoms with Gasteiger partial charge in [0.25, 0.3) is 5.91 Å². The average molecular weight is 382 g/mol. The van der Waals surface area contributed by atoms with Gasteiger partial charge in [0.1, 0.15) is 5.76 Å². The quantitative estimate of drug-likeness (QED) is 0.805. The van der Waals surface area contributed by atoms with Crippen LogP contribution in [0.2, 0.25) is 0 Å². The van der Waals surface area contributed by atoms with Crippen LogP contribution in [-0.4, -0.2) is 53.5 Å². The minimum Gasteiger partial charge on any atom is -0.456 e. The predicted octanol–water partition coefficient (Wildman–Crippen LogP) is 1.59. The summed E-state index contributed by atoms with van der Waals surface area (Å²) in [7, 11) is 0. The predicted molar refractivity (Wildman–Crippen MR) is 101 cm³/mol. The van der Waals surface area contributed by atoms with Gasteiger partial charge in [-0.1, -0.05) is 30.3 Å². The van der Waals surface area contributed by atoms with E-state index in [4.69, 9.17) is 9.15 Å². The zero-order valence-corrected chi connectivity index (χ0v) is 15.7. The van der Waals surface area contributed by atoms with Gasteiger partial charge >= 0.3 is 0 Å². The van der Waals surface area contributed by atoms with Gasteiger partial charge in [-0.2, -0.15) is 0 Å². The van der Waals surface area contributed by atoms with E-state index < -0.39 is 0 Å². The largest absolute Gasteiger partial charge is 0.456 e. The first-order valence-corrected chi connectivity index (χ1v) is 9.37. The Kier molecular flexibility index (Phi) is 5.00. The van der Waals surface area contributed by atoms with Gasteiger partial charge < -0.3 is 19.0 Å². The fourth-order valence-electron chi connectivity index (χ4n) is 3.86. The second kappa shape index (κ2) is 7.59. The van der Waals surface area contributed by atoms with Gasteiger partial charge in [-0.3, -0.25) is 14.4 Å². The van der Waals surface area contributed by atoms with Gasteiger partial charge in [0.15, 0.2) is 11.2 Å². The molecule has 2 aliphatic rings. The van der Waals surface area contributed by atoms with Crippen LogP contribution in [0.3, 0.4) is 0 Å². The maximum absolute atomic E-state index is 12.9. The number of hydrogen-bond acceptors (Lipinski definition) is 5. The number of hydrogen-bond donors (Lipinski definition) is 0. The van der Waals surface area contributed by atoms with Crippen molar-refractivity contribution in [2.45, 2.75) is 32.0 Å². The van der Waals surface area contributed by atoms with Crippen molar-refractivity contribution in [1.82, 2.24) is 9.80 Å². The lowest BCUT2D eigenvalue weighted by atomic mass is 10.1. The smallest absolute Gasteiger partial charge is 0.289 e. The molecule has 0 unspecified atom stereocenters. The first-order chi connectivity index (χ1) is 13.5. The second-order valence-electron chi connectivity index (χ2n) is 7.21. The molecule has 4 rings (SSSR count). The van der Waals surface area contributed by atoms with E-state index in [2.05, 4.69) is 0 Å². The van der Waals surface area contributed by atoms with E-state index in [1.54, 1.807) is 11.8 Å². The molecule has 0 N–H and O–H groups in total. The third-order valence-corrected chi connectivity index (χ3v) is 5.19. The Hall–Kier alpha value is -2.93. The number of carbonyl (C=O) groups excluding carboxylic acids is 2. The molecule has 1 aromatic heterocycles. The Labute approximate surface area is 162 Å². The van der Waals surface area contributed by atoms with Crippen LogP contribution in [0.1, 0.15) is 28.3 Å². The highest BCUT2D eigenvalue weighted by Crippen LogP contribution is 2.26. The minimum atomic E-state index is -0.357. The SMILES string of the molecule is Cc1cc(=O)cc(C(=O)N2C[C@@H]3OCCC(=O)N(Cc4ccccc4)[C@H]3C2)o1. The van der Waals surface area contributed by atoms with Crippen molar-refractivity contribution in [2.24, 2.45) is 0 Å². The summed E-state index contributed by atoms with van der Waals surface area (Å²) >= 11 is 0. The molecule has 0 spiro atoms. The second-order valence-corrected chi connectivity index (χ2v) is 7.21. The summed E-state index contributed by atoms with van der Waals surface area (Å²) in [4.78, 5) is 40.7. The molecule has 7 nitrogen and oxygen atoms in total. The molecule has 2 aromatic rings. The molecule has 28 heavy (non-hydrogen) atoms. The zero-order chi connectivity index (χ0) is 19.7. The normalized spacial score (nSPS) is 22.1. The van der Waals surface area contributed by atoms with Crippen LogP contribution in [0.4, 0.5) is 0 Å². The summed E-state index contributed by atoms with van der Waals surface area (Å²) in [5.41, 5.74) is 0.767. The summed E-state index contributed by atoms with van der Waals surface area (Å²) in [6, 6.07) is 12.1. The summed E-state index contributed by atoms with van der Waals surface area (Å²) in [5.74, 6) is 0.0705. The lowest BCUT2D eigenvalue weighted by Gasteiger charge is -2.29. The molecule has 2 atom stereocenters. The maximum atomic E-state index is 12.9. The Balaban J connectivity index is 1.56. The van der Waals surface area contributed by atoms with Crippen molar-refractivity contribution >= 4 is 11.8 Å². The topological polar surface area (TPSA) is 80.1 Å². The molecule has 2 fully saturated rings. The maximum Gasteiger partial charge on any atom is 0.289 e. The molecule has 0 bridgehead atoms. The van der Waals surface area contributed by atoms with Crippen molar-refractivity contribution < 1.29 is 18.7 Å². The van der Waals surface area contributed by atoms with E-state index in [0.29, 0.717) is 38.4 Å². The molecule has 7 heteroatoms. The van der Waals surface area contributed by atoms with Crippen molar-refractivity contribution in [1.29, 1.82) is 0 Å². The van der Waals surface area contributed by atoms with E-state index in [9.17, 15) is 14.4 Å². The molecule has 0 saturated carbocycles. The number of fused-ring (bicyclic) bond motifs is 1. The molecule has 2 aliphatic heterocycles. The molecule has 0 aliphatic carbocycles. The van der Waals surface area contributed by atoms with E-state index >= 15 is 0 Å². The Morgan fingerprint density at radius 2 is 1.93 bits per heavy atom. The number of likely N-dealkylation sites (tertiary alicyclic amines) is 1. The molecule has 3 heterocycles. The van der Waals surface area contributed by atoms with Gasteiger partial charge in [-0.05, 0) is 12.5 Å². The first-order valence-electron chi connectivity index (χ1n) is 9.37. The molecule has 1 aromatic carbocycles. The summed E-state index contributed by atoms with van der Waals surface area (Å²) < 4.78 is 11.3. The molecule has 2 saturated heterocycles. The minimum absolute atomic E-state index is 0.0161. The summed E-state index contributed by atoms with van der Waals surface area (Å²) in [6.07, 6.45) is 0.0798. The number of benzene rings is 1. The van der Waals surface area contributed by atoms with Gasteiger partial charge in [-0.25, -0.2) is 0 Å². The number of nitrogens with zero attached hydrogens (tertiary/aromatic N) is 2. The van der Waals surface area contributed by atoms with Crippen LogP contribution in [0.5, 0.6) is 0 Å². The Bertz CT molecular complexity index is 939. The standard InChI is InChI=1S/C21H22N2O5/c1-14-9-16(24)10-18(28-14)21(26)22-12-17-19(13-22)27-8-7-20(25)23(17)11-15-5-3-2-4-6-15/h2-6,9-10,17,19H,7-8,11-13H2,1H3/t17-,19-/m0/s1. The summed E-state index contributed by atoms with van der Waals surface area (Å²) in [5, 5.41) is 0. The Morgan fingerprint density at radius 1 is 1.14 bits per heavy atom. The highest BCUT2D eigenvalue weighted by molar-refractivity contribution is 5.91. The van der Waals surface area contributed by atoms with Gasteiger partial charge in [0, 0.05) is 31.8 Å². The van der Waals surface area contributed by atoms with Crippen molar-refractivity contribution in [2.75, 3.05) is 19.7 Å². The van der Waals surface area contributed by atoms with Crippen LogP contribution in [-0.2, 0) is 16.1 Å². The first kappa shape index (κ1) is 18.4. The fourth-order valence-corrected chi connectivity index (χ4v) is 3.86. The highest BCUT2D eigenvalue weighted by Gasteiger charge is 2.43. The van der Waals surface area contributed by atoms with Crippen LogP contribution in [0.15, 0.2) is 51.7 Å². The number of rotatable bonds is 3. The summed E-state index contributed by atoms with van der Waals surface area (Å²) in [6.45, 7) is 3.16. The van der Waals surface area contributed by atoms with Gasteiger partial charge in [0.2, 0.25) is 5.91 Å². The number of ether oxygens (including phenoxy) is 1. The number of amides is 2. The number of carbonyl (C=O) groups is 2. The zero-order valence-electron chi connectivity index (χ0n) is 15.7. The van der Waals surface area contributed by atoms with Crippen LogP contribution in [0, 0.1) is 6.92 Å². The lowest BCUT2D eigenvalue weighted by Crippen LogP contribution is -2.45. The molecule has 146 valence electrons. The van der Waals surface area contributed by atoms with Gasteiger partial charge in [0.05, 0.1) is 25.2 Å². The van der Waals surface area contributed by atoms with E-state index in [-0.39, 0.29) is 35.1 Å². The Morgan fingerprint density at radius 3 is 2.68 bits per heavy atom. The third-order valence-electron chi connectivity index (χ3n) is 5.19. The molecule has 0 radical (unpaired) electrons. The van der Waals surface area contributed by atoms with Crippen LogP contribution in [0.25, 0.3) is 0 Å². The van der Waals surface area contributed by atoms with Gasteiger partial charge in [-0.15, -0.1) is 0 Å². The average Bonchev–Trinajstić information content (AvgIpc) is 3.03. The van der Waals surface area contributed by atoms with Crippen molar-refractivity contribution in [3.63, 3.8) is 0 Å². The van der Waals surface area contributed by atoms with Crippen molar-refractivity contribution in [3.8, 4) is 0 Å². The monoisotopic (exact) mass is 382 g/mol. The molecule has 2 amide bonds. The fraction of sp³-hybridized carbons (Fsp3) is 0.381.